The normalized spacial score (nSPS) is 24.2. The van der Waals surface area contributed by atoms with Crippen LogP contribution in [0.25, 0.3) is 0 Å². The molecule has 1 N–H and O–H groups in total. The molecule has 1 fully saturated rings. The van der Waals surface area contributed by atoms with E-state index in [0.717, 1.165) is 18.4 Å². The Morgan fingerprint density at radius 2 is 2.19 bits per heavy atom. The number of aromatic nitrogens is 2. The number of nitrogens with zero attached hydrogens (tertiary/aromatic N) is 2. The first-order valence-electron chi connectivity index (χ1n) is 6.35. The second-order valence-electron chi connectivity index (χ2n) is 5.18. The average Bonchev–Trinajstić information content (AvgIpc) is 3.11. The van der Waals surface area contributed by atoms with Crippen LogP contribution in [0.1, 0.15) is 36.2 Å². The van der Waals surface area contributed by atoms with Gasteiger partial charge >= 0.3 is 0 Å². The van der Waals surface area contributed by atoms with Crippen LogP contribution in [0.2, 0.25) is 0 Å². The summed E-state index contributed by atoms with van der Waals surface area (Å²) in [4.78, 5) is 8.69. The van der Waals surface area contributed by atoms with Gasteiger partial charge in [-0.25, -0.2) is 9.97 Å². The van der Waals surface area contributed by atoms with E-state index in [1.165, 1.54) is 49.2 Å². The zero-order valence-corrected chi connectivity index (χ0v) is 9.87. The smallest absolute Gasteiger partial charge is 0.115 e. The number of rotatable bonds is 3. The molecule has 0 aliphatic heterocycles. The van der Waals surface area contributed by atoms with Gasteiger partial charge in [-0.05, 0) is 57.1 Å². The van der Waals surface area contributed by atoms with Crippen LogP contribution in [-0.4, -0.2) is 22.6 Å². The molecule has 0 bridgehead atoms. The van der Waals surface area contributed by atoms with E-state index >= 15 is 0 Å². The Morgan fingerprint density at radius 3 is 3.00 bits per heavy atom. The third kappa shape index (κ3) is 2.09. The Bertz CT molecular complexity index is 385. The van der Waals surface area contributed by atoms with Gasteiger partial charge in [0.1, 0.15) is 6.33 Å². The molecule has 3 heteroatoms. The van der Waals surface area contributed by atoms with Crippen molar-refractivity contribution >= 4 is 0 Å². The van der Waals surface area contributed by atoms with E-state index in [0.29, 0.717) is 0 Å². The molecule has 0 amide bonds. The van der Waals surface area contributed by atoms with Crippen molar-refractivity contribution in [1.82, 2.24) is 15.3 Å². The van der Waals surface area contributed by atoms with E-state index in [-0.39, 0.29) is 0 Å². The van der Waals surface area contributed by atoms with Gasteiger partial charge in [0.2, 0.25) is 0 Å². The molecule has 1 heterocycles. The summed E-state index contributed by atoms with van der Waals surface area (Å²) in [6.07, 6.45) is 8.05. The van der Waals surface area contributed by atoms with Gasteiger partial charge in [0, 0.05) is 17.4 Å². The highest BCUT2D eigenvalue weighted by Crippen LogP contribution is 2.26. The van der Waals surface area contributed by atoms with Crippen LogP contribution in [0.5, 0.6) is 0 Å². The summed E-state index contributed by atoms with van der Waals surface area (Å²) >= 11 is 0. The van der Waals surface area contributed by atoms with E-state index in [1.807, 2.05) is 0 Å². The Hall–Kier alpha value is -0.960. The van der Waals surface area contributed by atoms with Crippen LogP contribution in [0, 0.1) is 12.8 Å². The maximum atomic E-state index is 4.39. The van der Waals surface area contributed by atoms with Gasteiger partial charge in [-0.15, -0.1) is 0 Å². The molecule has 1 aromatic heterocycles. The van der Waals surface area contributed by atoms with Gasteiger partial charge in [0.15, 0.2) is 0 Å². The fraction of sp³-hybridized carbons (Fsp3) is 0.692. The van der Waals surface area contributed by atoms with E-state index < -0.39 is 0 Å². The molecule has 2 aliphatic rings. The topological polar surface area (TPSA) is 37.8 Å². The van der Waals surface area contributed by atoms with Crippen molar-refractivity contribution < 1.29 is 0 Å². The zero-order valence-electron chi connectivity index (χ0n) is 9.87. The number of hydrogen-bond acceptors (Lipinski definition) is 3. The van der Waals surface area contributed by atoms with Gasteiger partial charge in [0.05, 0.1) is 0 Å². The highest BCUT2D eigenvalue weighted by molar-refractivity contribution is 5.26. The second kappa shape index (κ2) is 4.13. The highest BCUT2D eigenvalue weighted by Gasteiger charge is 2.25. The molecule has 1 unspecified atom stereocenters. The lowest BCUT2D eigenvalue weighted by Gasteiger charge is -2.24. The van der Waals surface area contributed by atoms with Crippen molar-refractivity contribution in [1.29, 1.82) is 0 Å². The predicted octanol–water partition coefficient (Wildman–Crippen LogP) is 1.64. The van der Waals surface area contributed by atoms with E-state index in [9.17, 15) is 0 Å². The first kappa shape index (κ1) is 10.2. The molecule has 1 saturated carbocycles. The predicted molar refractivity (Wildman–Crippen MR) is 63.3 cm³/mol. The van der Waals surface area contributed by atoms with Crippen molar-refractivity contribution in [2.24, 2.45) is 5.92 Å². The van der Waals surface area contributed by atoms with Gasteiger partial charge in [-0.3, -0.25) is 0 Å². The van der Waals surface area contributed by atoms with E-state index in [4.69, 9.17) is 0 Å². The largest absolute Gasteiger partial charge is 0.314 e. The molecule has 3 rings (SSSR count). The van der Waals surface area contributed by atoms with Crippen LogP contribution in [0.4, 0.5) is 0 Å². The SMILES string of the molecule is Cc1ncnc2c1CC(CNC1CC1)CC2. The summed E-state index contributed by atoms with van der Waals surface area (Å²) < 4.78 is 0. The van der Waals surface area contributed by atoms with Crippen LogP contribution in [-0.2, 0) is 12.8 Å². The molecule has 1 atom stereocenters. The van der Waals surface area contributed by atoms with Gasteiger partial charge in [0.25, 0.3) is 0 Å². The second-order valence-corrected chi connectivity index (χ2v) is 5.18. The number of hydrogen-bond donors (Lipinski definition) is 1. The standard InChI is InChI=1S/C13H19N3/c1-9-12-6-10(7-14-11-3-4-11)2-5-13(12)16-8-15-9/h8,10-11,14H,2-7H2,1H3. The third-order valence-electron chi connectivity index (χ3n) is 3.80. The Kier molecular flexibility index (Phi) is 2.64. The Balaban J connectivity index is 1.67. The minimum atomic E-state index is 0.790. The summed E-state index contributed by atoms with van der Waals surface area (Å²) in [6.45, 7) is 3.29. The lowest BCUT2D eigenvalue weighted by Crippen LogP contribution is -2.29. The molecule has 86 valence electrons. The molecular formula is C13H19N3. The molecule has 0 saturated heterocycles. The lowest BCUT2D eigenvalue weighted by molar-refractivity contribution is 0.417. The monoisotopic (exact) mass is 217 g/mol. The van der Waals surface area contributed by atoms with Crippen LogP contribution in [0.3, 0.4) is 0 Å². The van der Waals surface area contributed by atoms with Crippen molar-refractivity contribution in [3.05, 3.63) is 23.3 Å². The van der Waals surface area contributed by atoms with Crippen molar-refractivity contribution in [2.45, 2.75) is 45.1 Å². The fourth-order valence-electron chi connectivity index (χ4n) is 2.56. The summed E-state index contributed by atoms with van der Waals surface area (Å²) in [7, 11) is 0. The van der Waals surface area contributed by atoms with Gasteiger partial charge in [-0.2, -0.15) is 0 Å². The molecular weight excluding hydrogens is 198 g/mol. The van der Waals surface area contributed by atoms with Crippen molar-refractivity contribution in [3.63, 3.8) is 0 Å². The number of fused-ring (bicyclic) bond motifs is 1. The van der Waals surface area contributed by atoms with Crippen molar-refractivity contribution in [2.75, 3.05) is 6.54 Å². The fourth-order valence-corrected chi connectivity index (χ4v) is 2.56. The summed E-state index contributed by atoms with van der Waals surface area (Å²) in [5.74, 6) is 0.790. The van der Waals surface area contributed by atoms with Crippen LogP contribution < -0.4 is 5.32 Å². The summed E-state index contributed by atoms with van der Waals surface area (Å²) in [6, 6.07) is 0.828. The molecule has 3 nitrogen and oxygen atoms in total. The Labute approximate surface area is 96.7 Å². The number of aryl methyl sites for hydroxylation is 2. The van der Waals surface area contributed by atoms with E-state index in [1.54, 1.807) is 6.33 Å². The summed E-state index contributed by atoms with van der Waals surface area (Å²) in [5, 5.41) is 3.64. The first-order valence-corrected chi connectivity index (χ1v) is 6.35. The van der Waals surface area contributed by atoms with E-state index in [2.05, 4.69) is 22.2 Å². The van der Waals surface area contributed by atoms with Gasteiger partial charge in [-0.1, -0.05) is 0 Å². The zero-order chi connectivity index (χ0) is 11.0. The average molecular weight is 217 g/mol. The molecule has 1 aromatic rings. The first-order chi connectivity index (χ1) is 7.83. The van der Waals surface area contributed by atoms with Gasteiger partial charge < -0.3 is 5.32 Å². The minimum Gasteiger partial charge on any atom is -0.314 e. The highest BCUT2D eigenvalue weighted by atomic mass is 14.9. The maximum Gasteiger partial charge on any atom is 0.115 e. The quantitative estimate of drug-likeness (QED) is 0.836. The minimum absolute atomic E-state index is 0.790. The molecule has 16 heavy (non-hydrogen) atoms. The lowest BCUT2D eigenvalue weighted by atomic mass is 9.86. The maximum absolute atomic E-state index is 4.39. The van der Waals surface area contributed by atoms with Crippen molar-refractivity contribution in [3.8, 4) is 0 Å². The third-order valence-corrected chi connectivity index (χ3v) is 3.80. The summed E-state index contributed by atoms with van der Waals surface area (Å²) in [5.41, 5.74) is 3.88. The molecule has 0 radical (unpaired) electrons. The van der Waals surface area contributed by atoms with Crippen LogP contribution in [0.15, 0.2) is 6.33 Å². The number of nitrogens with one attached hydrogen (secondary N) is 1. The molecule has 2 aliphatic carbocycles. The molecule has 0 aromatic carbocycles. The molecule has 0 spiro atoms. The van der Waals surface area contributed by atoms with Crippen LogP contribution >= 0.6 is 0 Å². The Morgan fingerprint density at radius 1 is 1.31 bits per heavy atom.